The van der Waals surface area contributed by atoms with Crippen LogP contribution in [0.2, 0.25) is 0 Å². The lowest BCUT2D eigenvalue weighted by atomic mass is 10.1. The van der Waals surface area contributed by atoms with Crippen LogP contribution in [0.15, 0.2) is 234 Å². The van der Waals surface area contributed by atoms with Crippen molar-refractivity contribution >= 4 is 82.8 Å². The highest BCUT2D eigenvalue weighted by Crippen LogP contribution is 2.42. The van der Waals surface area contributed by atoms with Crippen molar-refractivity contribution in [1.29, 1.82) is 0 Å². The molecule has 5 nitrogen and oxygen atoms in total. The zero-order valence-electron chi connectivity index (χ0n) is 34.8. The minimum Gasteiger partial charge on any atom is -0.309 e. The normalized spacial score (nSPS) is 13.2. The highest BCUT2D eigenvalue weighted by molar-refractivity contribution is 6.30. The monoisotopic (exact) mass is 817 g/mol. The van der Waals surface area contributed by atoms with Gasteiger partial charge in [-0.15, -0.1) is 0 Å². The van der Waals surface area contributed by atoms with Gasteiger partial charge in [0, 0.05) is 55.7 Å². The van der Waals surface area contributed by atoms with Crippen molar-refractivity contribution in [3.63, 3.8) is 0 Å². The van der Waals surface area contributed by atoms with E-state index in [2.05, 4.69) is 238 Å². The molecule has 13 rings (SSSR count). The Morgan fingerprint density at radius 3 is 1.45 bits per heavy atom. The molecule has 0 bridgehead atoms. The smallest absolute Gasteiger partial charge is 0.161 e. The Kier molecular flexibility index (Phi) is 8.21. The predicted molar refractivity (Wildman–Crippen MR) is 268 cm³/mol. The number of aromatic nitrogens is 3. The first-order chi connectivity index (χ1) is 31.8. The summed E-state index contributed by atoms with van der Waals surface area (Å²) in [6, 6.07) is 78.2. The van der Waals surface area contributed by atoms with Crippen molar-refractivity contribution in [1.82, 2.24) is 13.7 Å². The van der Waals surface area contributed by atoms with Crippen molar-refractivity contribution in [2.24, 2.45) is 9.98 Å². The van der Waals surface area contributed by atoms with Gasteiger partial charge in [0.1, 0.15) is 5.84 Å². The van der Waals surface area contributed by atoms with Gasteiger partial charge in [0.25, 0.3) is 0 Å². The van der Waals surface area contributed by atoms with Gasteiger partial charge >= 0.3 is 0 Å². The fourth-order valence-corrected chi connectivity index (χ4v) is 10.1. The molecule has 12 aromatic rings. The van der Waals surface area contributed by atoms with Gasteiger partial charge in [-0.2, -0.15) is 0 Å². The number of aliphatic imine (C=N–C) groups is 2. The molecule has 0 atom stereocenters. The van der Waals surface area contributed by atoms with Gasteiger partial charge in [0.15, 0.2) is 5.84 Å². The van der Waals surface area contributed by atoms with E-state index in [0.717, 1.165) is 50.6 Å². The Balaban J connectivity index is 1.03. The molecule has 0 amide bonds. The lowest BCUT2D eigenvalue weighted by Crippen LogP contribution is -2.13. The summed E-state index contributed by atoms with van der Waals surface area (Å²) in [6.07, 6.45) is 2.83. The first-order valence-corrected chi connectivity index (χ1v) is 21.9. The maximum atomic E-state index is 5.62. The lowest BCUT2D eigenvalue weighted by molar-refractivity contribution is 1.18. The van der Waals surface area contributed by atoms with Gasteiger partial charge < -0.3 is 9.13 Å². The number of nitrogens with zero attached hydrogens (tertiary/aromatic N) is 5. The summed E-state index contributed by atoms with van der Waals surface area (Å²) in [5.41, 5.74) is 14.4. The second-order valence-corrected chi connectivity index (χ2v) is 16.5. The molecule has 0 aliphatic carbocycles. The molecule has 0 N–H and O–H groups in total. The maximum absolute atomic E-state index is 5.62. The number of benzene rings is 9. The fraction of sp³-hybridized carbons (Fsp3) is 0.0169. The van der Waals surface area contributed by atoms with Gasteiger partial charge in [-0.05, 0) is 77.4 Å². The third kappa shape index (κ3) is 5.64. The van der Waals surface area contributed by atoms with Gasteiger partial charge in [-0.25, -0.2) is 9.98 Å². The minimum absolute atomic E-state index is 0.588. The highest BCUT2D eigenvalue weighted by Gasteiger charge is 2.24. The average molecular weight is 818 g/mol. The van der Waals surface area contributed by atoms with Crippen LogP contribution in [0, 0.1) is 0 Å². The van der Waals surface area contributed by atoms with Gasteiger partial charge in [0.2, 0.25) is 0 Å². The summed E-state index contributed by atoms with van der Waals surface area (Å²) in [6.45, 7) is 0. The van der Waals surface area contributed by atoms with Crippen molar-refractivity contribution in [2.75, 3.05) is 0 Å². The molecule has 0 spiro atoms. The van der Waals surface area contributed by atoms with Crippen LogP contribution < -0.4 is 0 Å². The number of amidine groups is 1. The molecule has 0 saturated heterocycles. The summed E-state index contributed by atoms with van der Waals surface area (Å²) in [7, 11) is 0. The summed E-state index contributed by atoms with van der Waals surface area (Å²) >= 11 is 0. The Labute approximate surface area is 369 Å². The predicted octanol–water partition coefficient (Wildman–Crippen LogP) is 14.8. The minimum atomic E-state index is 0.588. The van der Waals surface area contributed by atoms with E-state index in [1.807, 2.05) is 0 Å². The first kappa shape index (κ1) is 36.1. The fourth-order valence-electron chi connectivity index (χ4n) is 10.1. The Hall–Kier alpha value is -8.54. The molecule has 5 heteroatoms. The molecule has 0 radical (unpaired) electrons. The van der Waals surface area contributed by atoms with Gasteiger partial charge in [-0.1, -0.05) is 164 Å². The number of para-hydroxylation sites is 4. The van der Waals surface area contributed by atoms with E-state index in [-0.39, 0.29) is 0 Å². The number of rotatable bonds is 5. The second kappa shape index (κ2) is 14.5. The average Bonchev–Trinajstić information content (AvgIpc) is 3.93. The van der Waals surface area contributed by atoms with Crippen LogP contribution >= 0.6 is 0 Å². The summed E-state index contributed by atoms with van der Waals surface area (Å²) in [4.78, 5) is 11.0. The Bertz CT molecular complexity index is 3880. The van der Waals surface area contributed by atoms with Crippen molar-refractivity contribution in [3.8, 4) is 22.5 Å². The molecular weight excluding hydrogens is 779 g/mol. The first-order valence-electron chi connectivity index (χ1n) is 21.9. The van der Waals surface area contributed by atoms with Gasteiger partial charge in [-0.3, -0.25) is 4.57 Å². The van der Waals surface area contributed by atoms with Crippen LogP contribution in [-0.2, 0) is 0 Å². The van der Waals surface area contributed by atoms with Crippen LogP contribution in [0.5, 0.6) is 0 Å². The quantitative estimate of drug-likeness (QED) is 0.166. The van der Waals surface area contributed by atoms with Crippen LogP contribution in [0.3, 0.4) is 0 Å². The second-order valence-electron chi connectivity index (χ2n) is 16.5. The molecule has 9 aromatic carbocycles. The Morgan fingerprint density at radius 2 is 0.781 bits per heavy atom. The summed E-state index contributed by atoms with van der Waals surface area (Å²) in [5.74, 6) is 1.59. The number of allylic oxidation sites excluding steroid dienone is 1. The SMILES string of the molecule is C1=C(c2ccccc2)N=C(c2ccc3c4ccccc4n(-c4ccccc4)c3c2)N=C(n2c3ccccc3c3c4c5ccccc5n(-c5ccc(-c6ccccc6)cc5)c4ccc32)C1. The number of hydrogen-bond donors (Lipinski definition) is 0. The molecule has 1 aliphatic rings. The summed E-state index contributed by atoms with van der Waals surface area (Å²) < 4.78 is 7.15. The molecule has 0 saturated carbocycles. The molecule has 0 unspecified atom stereocenters. The van der Waals surface area contributed by atoms with E-state index in [1.54, 1.807) is 0 Å². The molecule has 1 aliphatic heterocycles. The zero-order chi connectivity index (χ0) is 42.1. The van der Waals surface area contributed by atoms with Crippen molar-refractivity contribution in [3.05, 3.63) is 236 Å². The van der Waals surface area contributed by atoms with Crippen LogP contribution in [-0.4, -0.2) is 25.4 Å². The topological polar surface area (TPSA) is 39.5 Å². The number of hydrogen-bond acceptors (Lipinski definition) is 2. The summed E-state index contributed by atoms with van der Waals surface area (Å²) in [5, 5.41) is 7.27. The molecular formula is C59H39N5. The molecule has 64 heavy (non-hydrogen) atoms. The molecule has 0 fully saturated rings. The van der Waals surface area contributed by atoms with E-state index in [4.69, 9.17) is 9.98 Å². The lowest BCUT2D eigenvalue weighted by Gasteiger charge is -2.12. The van der Waals surface area contributed by atoms with Crippen molar-refractivity contribution in [2.45, 2.75) is 6.42 Å². The van der Waals surface area contributed by atoms with Crippen LogP contribution in [0.25, 0.3) is 93.6 Å². The third-order valence-corrected chi connectivity index (χ3v) is 12.9. The van der Waals surface area contributed by atoms with Crippen molar-refractivity contribution < 1.29 is 0 Å². The Morgan fingerprint density at radius 1 is 0.312 bits per heavy atom. The highest BCUT2D eigenvalue weighted by atomic mass is 15.1. The molecule has 300 valence electrons. The largest absolute Gasteiger partial charge is 0.309 e. The van der Waals surface area contributed by atoms with E-state index >= 15 is 0 Å². The maximum Gasteiger partial charge on any atom is 0.161 e. The third-order valence-electron chi connectivity index (χ3n) is 12.9. The van der Waals surface area contributed by atoms with E-state index in [9.17, 15) is 0 Å². The zero-order valence-corrected chi connectivity index (χ0v) is 34.8. The van der Waals surface area contributed by atoms with Crippen LogP contribution in [0.1, 0.15) is 17.5 Å². The van der Waals surface area contributed by atoms with E-state index < -0.39 is 0 Å². The molecule has 3 aromatic heterocycles. The van der Waals surface area contributed by atoms with Gasteiger partial charge in [0.05, 0.1) is 38.8 Å². The standard InChI is InChI=1S/C59H39N5/c1-4-16-39(17-5-1)40-28-31-44(32-29-40)62-51-26-14-11-23-47(51)57-53(62)35-36-54-58(57)48-24-12-15-27-52(48)64(54)56-37-34-49(41-18-6-2-7-19-41)60-59(61-56)42-30-33-46-45-22-10-13-25-50(45)63(55(46)38-42)43-20-8-3-9-21-43/h1-36,38H,37H2. The van der Waals surface area contributed by atoms with Crippen LogP contribution in [0.4, 0.5) is 0 Å². The number of fused-ring (bicyclic) bond motifs is 10. The van der Waals surface area contributed by atoms with E-state index in [1.165, 1.54) is 60.0 Å². The molecule has 4 heterocycles. The van der Waals surface area contributed by atoms with E-state index in [0.29, 0.717) is 12.3 Å².